The highest BCUT2D eigenvalue weighted by atomic mass is 79.9. The van der Waals surface area contributed by atoms with Crippen LogP contribution in [0.4, 0.5) is 5.69 Å². The van der Waals surface area contributed by atoms with E-state index >= 15 is 0 Å². The van der Waals surface area contributed by atoms with Crippen molar-refractivity contribution in [2.45, 2.75) is 4.90 Å². The molecule has 168 valence electrons. The Morgan fingerprint density at radius 1 is 1.06 bits per heavy atom. The van der Waals surface area contributed by atoms with E-state index in [1.807, 2.05) is 6.07 Å². The predicted octanol–water partition coefficient (Wildman–Crippen LogP) is 5.53. The topological polar surface area (TPSA) is 105 Å². The van der Waals surface area contributed by atoms with E-state index in [4.69, 9.17) is 8.92 Å². The zero-order chi connectivity index (χ0) is 24.0. The third-order valence-corrected chi connectivity index (χ3v) is 6.56. The number of ether oxygens (including phenoxy) is 1. The van der Waals surface area contributed by atoms with Crippen LogP contribution in [0.15, 0.2) is 86.1 Å². The number of nitriles is 1. The van der Waals surface area contributed by atoms with Crippen LogP contribution in [0.1, 0.15) is 5.56 Å². The number of nitrogens with one attached hydrogen (secondary N) is 1. The van der Waals surface area contributed by atoms with Crippen molar-refractivity contribution < 1.29 is 22.1 Å². The smallest absolute Gasteiger partial charge is 0.339 e. The second-order valence-electron chi connectivity index (χ2n) is 6.51. The normalized spacial score (nSPS) is 11.4. The van der Waals surface area contributed by atoms with Gasteiger partial charge in [-0.25, -0.2) is 0 Å². The van der Waals surface area contributed by atoms with Crippen molar-refractivity contribution in [3.8, 4) is 17.6 Å². The average Bonchev–Trinajstić information content (AvgIpc) is 2.80. The molecule has 0 aromatic heterocycles. The monoisotopic (exact) mass is 590 g/mol. The van der Waals surface area contributed by atoms with E-state index in [0.29, 0.717) is 20.4 Å². The standard InChI is InChI=1S/C23H16Br2N2O5S/c1-31-19-9-7-18(8-10-19)27-23(28)16(14-26)11-15-12-17(24)13-21(25)22(15)32-33(29,30)20-5-3-2-4-6-20/h2-13H,1H3,(H,27,28)/b16-11+. The van der Waals surface area contributed by atoms with Crippen LogP contribution in [0.3, 0.4) is 0 Å². The Balaban J connectivity index is 1.96. The number of methoxy groups -OCH3 is 1. The first-order valence-electron chi connectivity index (χ1n) is 9.29. The van der Waals surface area contributed by atoms with Gasteiger partial charge in [-0.15, -0.1) is 0 Å². The van der Waals surface area contributed by atoms with E-state index in [1.54, 1.807) is 54.6 Å². The number of amides is 1. The van der Waals surface area contributed by atoms with Gasteiger partial charge in [0, 0.05) is 15.7 Å². The maximum absolute atomic E-state index is 12.7. The molecule has 0 fully saturated rings. The summed E-state index contributed by atoms with van der Waals surface area (Å²) in [5.74, 6) is -0.118. The van der Waals surface area contributed by atoms with Crippen molar-refractivity contribution in [3.63, 3.8) is 0 Å². The molecule has 1 N–H and O–H groups in total. The number of benzene rings is 3. The molecule has 0 spiro atoms. The van der Waals surface area contributed by atoms with Crippen molar-refractivity contribution >= 4 is 59.6 Å². The number of anilines is 1. The summed E-state index contributed by atoms with van der Waals surface area (Å²) in [6.45, 7) is 0. The Kier molecular flexibility index (Phi) is 7.92. The molecule has 0 unspecified atom stereocenters. The zero-order valence-corrected chi connectivity index (χ0v) is 21.1. The molecule has 7 nitrogen and oxygen atoms in total. The Morgan fingerprint density at radius 3 is 2.33 bits per heavy atom. The van der Waals surface area contributed by atoms with Crippen molar-refractivity contribution in [2.75, 3.05) is 12.4 Å². The van der Waals surface area contributed by atoms with Gasteiger partial charge in [-0.3, -0.25) is 4.79 Å². The highest BCUT2D eigenvalue weighted by Gasteiger charge is 2.21. The van der Waals surface area contributed by atoms with Gasteiger partial charge in [0.25, 0.3) is 5.91 Å². The molecule has 0 radical (unpaired) electrons. The quantitative estimate of drug-likeness (QED) is 0.220. The van der Waals surface area contributed by atoms with E-state index in [1.165, 1.54) is 25.3 Å². The van der Waals surface area contributed by atoms with Crippen LogP contribution < -0.4 is 14.2 Å². The Labute approximate surface area is 208 Å². The Morgan fingerprint density at radius 2 is 1.73 bits per heavy atom. The predicted molar refractivity (Wildman–Crippen MR) is 131 cm³/mol. The van der Waals surface area contributed by atoms with Crippen LogP contribution in [0.25, 0.3) is 6.08 Å². The lowest BCUT2D eigenvalue weighted by molar-refractivity contribution is -0.112. The van der Waals surface area contributed by atoms with E-state index in [2.05, 4.69) is 37.2 Å². The molecule has 3 aromatic rings. The third-order valence-electron chi connectivity index (χ3n) is 4.27. The molecule has 0 bridgehead atoms. The molecular formula is C23H16Br2N2O5S. The van der Waals surface area contributed by atoms with E-state index in [-0.39, 0.29) is 21.8 Å². The van der Waals surface area contributed by atoms with E-state index in [9.17, 15) is 18.5 Å². The number of carbonyl (C=O) groups excluding carboxylic acids is 1. The largest absolute Gasteiger partial charge is 0.497 e. The summed E-state index contributed by atoms with van der Waals surface area (Å²) < 4.78 is 36.8. The highest BCUT2D eigenvalue weighted by molar-refractivity contribution is 9.11. The average molecular weight is 592 g/mol. The summed E-state index contributed by atoms with van der Waals surface area (Å²) in [6, 6.07) is 19.2. The minimum atomic E-state index is -4.16. The van der Waals surface area contributed by atoms with Gasteiger partial charge in [0.1, 0.15) is 22.3 Å². The Bertz CT molecular complexity index is 1350. The Hall–Kier alpha value is -3.13. The first-order chi connectivity index (χ1) is 15.7. The van der Waals surface area contributed by atoms with Crippen LogP contribution in [0, 0.1) is 11.3 Å². The first kappa shape index (κ1) is 24.5. The fourth-order valence-electron chi connectivity index (χ4n) is 2.70. The number of hydrogen-bond donors (Lipinski definition) is 1. The van der Waals surface area contributed by atoms with E-state index < -0.39 is 16.0 Å². The summed E-state index contributed by atoms with van der Waals surface area (Å²) >= 11 is 6.62. The lowest BCUT2D eigenvalue weighted by Gasteiger charge is -2.13. The molecule has 0 saturated heterocycles. The third kappa shape index (κ3) is 6.22. The summed E-state index contributed by atoms with van der Waals surface area (Å²) in [7, 11) is -2.63. The summed E-state index contributed by atoms with van der Waals surface area (Å²) in [4.78, 5) is 12.6. The van der Waals surface area contributed by atoms with Crippen molar-refractivity contribution in [1.29, 1.82) is 5.26 Å². The van der Waals surface area contributed by atoms with Gasteiger partial charge < -0.3 is 14.2 Å². The first-order valence-corrected chi connectivity index (χ1v) is 12.3. The molecule has 3 aromatic carbocycles. The van der Waals surface area contributed by atoms with Gasteiger partial charge in [0.05, 0.1) is 11.6 Å². The summed E-state index contributed by atoms with van der Waals surface area (Å²) in [6.07, 6.45) is 1.25. The molecule has 0 aliphatic carbocycles. The minimum absolute atomic E-state index is 0.0347. The molecule has 3 rings (SSSR count). The number of rotatable bonds is 7. The molecular weight excluding hydrogens is 576 g/mol. The number of hydrogen-bond acceptors (Lipinski definition) is 6. The molecule has 1 amide bonds. The second-order valence-corrected chi connectivity index (χ2v) is 9.83. The summed E-state index contributed by atoms with van der Waals surface area (Å²) in [5, 5.41) is 12.2. The molecule has 0 saturated carbocycles. The maximum atomic E-state index is 12.7. The van der Waals surface area contributed by atoms with Crippen LogP contribution in [0.5, 0.6) is 11.5 Å². The lowest BCUT2D eigenvalue weighted by Crippen LogP contribution is -2.14. The fraction of sp³-hybridized carbons (Fsp3) is 0.0435. The van der Waals surface area contributed by atoms with Gasteiger partial charge >= 0.3 is 10.1 Å². The fourth-order valence-corrected chi connectivity index (χ4v) is 5.14. The zero-order valence-electron chi connectivity index (χ0n) is 17.1. The van der Waals surface area contributed by atoms with Crippen LogP contribution in [-0.2, 0) is 14.9 Å². The summed E-state index contributed by atoms with van der Waals surface area (Å²) in [5.41, 5.74) is 0.412. The number of halogens is 2. The van der Waals surface area contributed by atoms with Crippen LogP contribution in [0.2, 0.25) is 0 Å². The van der Waals surface area contributed by atoms with Gasteiger partial charge in [0.2, 0.25) is 0 Å². The van der Waals surface area contributed by atoms with Gasteiger partial charge in [0.15, 0.2) is 5.75 Å². The van der Waals surface area contributed by atoms with Crippen molar-refractivity contribution in [3.05, 3.63) is 86.8 Å². The number of carbonyl (C=O) groups is 1. The van der Waals surface area contributed by atoms with Crippen molar-refractivity contribution in [1.82, 2.24) is 0 Å². The molecule has 0 atom stereocenters. The highest BCUT2D eigenvalue weighted by Crippen LogP contribution is 2.36. The van der Waals surface area contributed by atoms with Crippen LogP contribution >= 0.6 is 31.9 Å². The van der Waals surface area contributed by atoms with Gasteiger partial charge in [-0.1, -0.05) is 34.1 Å². The van der Waals surface area contributed by atoms with Crippen LogP contribution in [-0.4, -0.2) is 21.4 Å². The SMILES string of the molecule is COc1ccc(NC(=O)/C(C#N)=C/c2cc(Br)cc(Br)c2OS(=O)(=O)c2ccccc2)cc1. The molecule has 0 aliphatic heterocycles. The molecule has 10 heteroatoms. The molecule has 0 heterocycles. The molecule has 33 heavy (non-hydrogen) atoms. The second kappa shape index (κ2) is 10.7. The maximum Gasteiger partial charge on any atom is 0.339 e. The molecule has 0 aliphatic rings. The number of nitrogens with zero attached hydrogens (tertiary/aromatic N) is 1. The van der Waals surface area contributed by atoms with Gasteiger partial charge in [-0.05, 0) is 70.5 Å². The van der Waals surface area contributed by atoms with Crippen molar-refractivity contribution in [2.24, 2.45) is 0 Å². The lowest BCUT2D eigenvalue weighted by atomic mass is 10.1. The minimum Gasteiger partial charge on any atom is -0.497 e. The van der Waals surface area contributed by atoms with Gasteiger partial charge in [-0.2, -0.15) is 13.7 Å². The van der Waals surface area contributed by atoms with E-state index in [0.717, 1.165) is 0 Å².